The van der Waals surface area contributed by atoms with Crippen molar-refractivity contribution < 1.29 is 31.1 Å². The summed E-state index contributed by atoms with van der Waals surface area (Å²) in [5, 5.41) is 6.79. The van der Waals surface area contributed by atoms with Gasteiger partial charge in [0.25, 0.3) is 15.9 Å². The van der Waals surface area contributed by atoms with Gasteiger partial charge in [0.2, 0.25) is 11.8 Å². The third-order valence-electron chi connectivity index (χ3n) is 3.88. The smallest absolute Gasteiger partial charge is 0.451 e. The molecule has 0 bridgehead atoms. The Balaban J connectivity index is 1.80. The van der Waals surface area contributed by atoms with Gasteiger partial charge < -0.3 is 4.74 Å². The first-order chi connectivity index (χ1) is 15.0. The highest BCUT2D eigenvalue weighted by atomic mass is 35.5. The Labute approximate surface area is 185 Å². The molecule has 14 heteroatoms. The van der Waals surface area contributed by atoms with Gasteiger partial charge in [-0.05, 0) is 49.4 Å². The lowest BCUT2D eigenvalue weighted by Gasteiger charge is -2.11. The average Bonchev–Trinajstić information content (AvgIpc) is 3.18. The van der Waals surface area contributed by atoms with E-state index >= 15 is 0 Å². The number of hydrogen-bond donors (Lipinski definition) is 3. The molecule has 1 amide bonds. The first-order valence-electron chi connectivity index (χ1n) is 8.86. The molecule has 32 heavy (non-hydrogen) atoms. The third-order valence-corrected chi connectivity index (χ3v) is 5.74. The predicted octanol–water partition coefficient (Wildman–Crippen LogP) is 3.93. The molecule has 0 aliphatic heterocycles. The highest BCUT2D eigenvalue weighted by Crippen LogP contribution is 2.28. The molecule has 3 aromatic rings. The zero-order valence-corrected chi connectivity index (χ0v) is 17.8. The topological polar surface area (TPSA) is 126 Å². The number of anilines is 2. The minimum atomic E-state index is -4.77. The predicted molar refractivity (Wildman–Crippen MR) is 109 cm³/mol. The molecule has 0 fully saturated rings. The minimum Gasteiger partial charge on any atom is -0.494 e. The number of sulfonamides is 1. The largest absolute Gasteiger partial charge is 0.494 e. The zero-order chi connectivity index (χ0) is 23.5. The van der Waals surface area contributed by atoms with E-state index in [0.717, 1.165) is 6.07 Å². The van der Waals surface area contributed by atoms with Gasteiger partial charge in [-0.1, -0.05) is 11.6 Å². The Hall–Kier alpha value is -3.32. The Morgan fingerprint density at radius 3 is 2.47 bits per heavy atom. The Bertz CT molecular complexity index is 1230. The molecule has 0 saturated carbocycles. The number of ether oxygens (including phenoxy) is 1. The summed E-state index contributed by atoms with van der Waals surface area (Å²) in [6.45, 7) is 2.25. The number of hydrogen-bond acceptors (Lipinski definition) is 6. The zero-order valence-electron chi connectivity index (χ0n) is 16.2. The first kappa shape index (κ1) is 23.3. The molecule has 2 aromatic carbocycles. The van der Waals surface area contributed by atoms with Crippen molar-refractivity contribution in [1.29, 1.82) is 0 Å². The number of nitrogens with zero attached hydrogens (tertiary/aromatic N) is 2. The van der Waals surface area contributed by atoms with Gasteiger partial charge in [-0.3, -0.25) is 19.9 Å². The van der Waals surface area contributed by atoms with Gasteiger partial charge in [0.05, 0.1) is 11.6 Å². The number of aromatic nitrogens is 3. The summed E-state index contributed by atoms with van der Waals surface area (Å²) in [4.78, 5) is 15.1. The SMILES string of the molecule is CCOc1ccc(NS(=O)(=O)c2cc(C(=O)Nc3n[nH]c(C(F)(F)F)n3)ccc2Cl)cc1. The lowest BCUT2D eigenvalue weighted by atomic mass is 10.2. The summed E-state index contributed by atoms with van der Waals surface area (Å²) in [6, 6.07) is 9.44. The Morgan fingerprint density at radius 2 is 1.88 bits per heavy atom. The number of carbonyl (C=O) groups excluding carboxylic acids is 1. The summed E-state index contributed by atoms with van der Waals surface area (Å²) in [7, 11) is -4.20. The van der Waals surface area contributed by atoms with Gasteiger partial charge in [0, 0.05) is 11.3 Å². The van der Waals surface area contributed by atoms with E-state index in [1.807, 2.05) is 0 Å². The molecule has 0 saturated heterocycles. The fourth-order valence-electron chi connectivity index (χ4n) is 2.46. The highest BCUT2D eigenvalue weighted by molar-refractivity contribution is 7.92. The van der Waals surface area contributed by atoms with E-state index < -0.39 is 38.8 Å². The standard InChI is InChI=1S/C18H15ClF3N5O4S/c1-2-31-12-6-4-11(5-7-12)27-32(29,30)14-9-10(3-8-13(14)19)15(28)23-17-24-16(25-26-17)18(20,21)22/h3-9,27H,2H2,1H3,(H2,23,24,25,26,28). The fraction of sp³-hybridized carbons (Fsp3) is 0.167. The van der Waals surface area contributed by atoms with E-state index in [-0.39, 0.29) is 16.3 Å². The maximum Gasteiger partial charge on any atom is 0.451 e. The third kappa shape index (κ3) is 5.48. The van der Waals surface area contributed by atoms with Crippen molar-refractivity contribution >= 4 is 39.2 Å². The molecule has 0 aliphatic carbocycles. The highest BCUT2D eigenvalue weighted by Gasteiger charge is 2.35. The van der Waals surface area contributed by atoms with Crippen LogP contribution >= 0.6 is 11.6 Å². The maximum atomic E-state index is 12.8. The van der Waals surface area contributed by atoms with Crippen molar-refractivity contribution in [2.75, 3.05) is 16.6 Å². The monoisotopic (exact) mass is 489 g/mol. The molecule has 0 atom stereocenters. The number of halogens is 4. The van der Waals surface area contributed by atoms with E-state index in [1.54, 1.807) is 24.2 Å². The number of carbonyl (C=O) groups is 1. The van der Waals surface area contributed by atoms with Crippen molar-refractivity contribution in [3.8, 4) is 5.75 Å². The summed E-state index contributed by atoms with van der Waals surface area (Å²) in [5.41, 5.74) is 0.0274. The van der Waals surface area contributed by atoms with Crippen LogP contribution in [0.1, 0.15) is 23.1 Å². The van der Waals surface area contributed by atoms with Crippen LogP contribution in [0.15, 0.2) is 47.4 Å². The number of amides is 1. The average molecular weight is 490 g/mol. The van der Waals surface area contributed by atoms with E-state index in [1.165, 1.54) is 24.3 Å². The van der Waals surface area contributed by atoms with Gasteiger partial charge >= 0.3 is 6.18 Å². The Kier molecular flexibility index (Phi) is 6.60. The van der Waals surface area contributed by atoms with Crippen molar-refractivity contribution in [3.63, 3.8) is 0 Å². The van der Waals surface area contributed by atoms with Crippen LogP contribution in [0.4, 0.5) is 24.8 Å². The minimum absolute atomic E-state index is 0.169. The molecule has 0 aliphatic rings. The molecule has 3 rings (SSSR count). The van der Waals surface area contributed by atoms with Crippen LogP contribution in [-0.4, -0.2) is 36.1 Å². The van der Waals surface area contributed by atoms with Crippen LogP contribution < -0.4 is 14.8 Å². The second kappa shape index (κ2) is 9.04. The summed E-state index contributed by atoms with van der Waals surface area (Å²) in [5.74, 6) is -2.42. The second-order valence-electron chi connectivity index (χ2n) is 6.17. The van der Waals surface area contributed by atoms with Crippen molar-refractivity contribution in [2.24, 2.45) is 0 Å². The lowest BCUT2D eigenvalue weighted by molar-refractivity contribution is -0.144. The van der Waals surface area contributed by atoms with Gasteiger partial charge in [-0.25, -0.2) is 8.42 Å². The number of H-pyrrole nitrogens is 1. The molecule has 0 unspecified atom stereocenters. The van der Waals surface area contributed by atoms with Crippen LogP contribution in [0, 0.1) is 0 Å². The number of aromatic amines is 1. The van der Waals surface area contributed by atoms with E-state index in [0.29, 0.717) is 12.4 Å². The van der Waals surface area contributed by atoms with Crippen molar-refractivity contribution in [1.82, 2.24) is 15.2 Å². The van der Waals surface area contributed by atoms with Crippen molar-refractivity contribution in [2.45, 2.75) is 18.0 Å². The van der Waals surface area contributed by atoms with Crippen LogP contribution in [0.2, 0.25) is 5.02 Å². The van der Waals surface area contributed by atoms with E-state index in [2.05, 4.69) is 20.1 Å². The number of alkyl halides is 3. The second-order valence-corrected chi connectivity index (χ2v) is 8.23. The first-order valence-corrected chi connectivity index (χ1v) is 10.7. The van der Waals surface area contributed by atoms with Gasteiger partial charge in [0.1, 0.15) is 10.6 Å². The number of nitrogens with one attached hydrogen (secondary N) is 3. The Morgan fingerprint density at radius 1 is 1.19 bits per heavy atom. The molecule has 0 spiro atoms. The molecular weight excluding hydrogens is 475 g/mol. The number of benzene rings is 2. The number of rotatable bonds is 7. The van der Waals surface area contributed by atoms with Gasteiger partial charge in [-0.2, -0.15) is 18.2 Å². The van der Waals surface area contributed by atoms with E-state index in [4.69, 9.17) is 16.3 Å². The molecule has 1 heterocycles. The van der Waals surface area contributed by atoms with Gasteiger partial charge in [-0.15, -0.1) is 5.10 Å². The quantitative estimate of drug-likeness (QED) is 0.461. The molecule has 1 aromatic heterocycles. The molecule has 9 nitrogen and oxygen atoms in total. The van der Waals surface area contributed by atoms with Crippen molar-refractivity contribution in [3.05, 3.63) is 58.9 Å². The van der Waals surface area contributed by atoms with E-state index in [9.17, 15) is 26.4 Å². The molecule has 3 N–H and O–H groups in total. The summed E-state index contributed by atoms with van der Waals surface area (Å²) >= 11 is 6.01. The maximum absolute atomic E-state index is 12.8. The van der Waals surface area contributed by atoms with Gasteiger partial charge in [0.15, 0.2) is 0 Å². The van der Waals surface area contributed by atoms with Crippen LogP contribution in [0.5, 0.6) is 5.75 Å². The summed E-state index contributed by atoms with van der Waals surface area (Å²) < 4.78 is 70.9. The lowest BCUT2D eigenvalue weighted by Crippen LogP contribution is -2.17. The van der Waals surface area contributed by atoms with Crippen LogP contribution in [0.25, 0.3) is 0 Å². The van der Waals surface area contributed by atoms with Crippen LogP contribution in [-0.2, 0) is 16.2 Å². The summed E-state index contributed by atoms with van der Waals surface area (Å²) in [6.07, 6.45) is -4.77. The molecule has 170 valence electrons. The fourth-order valence-corrected chi connectivity index (χ4v) is 4.05. The molecular formula is C18H15ClF3N5O4S. The van der Waals surface area contributed by atoms with Crippen LogP contribution in [0.3, 0.4) is 0 Å². The normalized spacial score (nSPS) is 11.8. The molecule has 0 radical (unpaired) electrons.